The zero-order valence-corrected chi connectivity index (χ0v) is 23.3. The normalized spacial score (nSPS) is 18.5. The zero-order valence-electron chi connectivity index (χ0n) is 23.3. The van der Waals surface area contributed by atoms with E-state index in [-0.39, 0.29) is 35.6 Å². The van der Waals surface area contributed by atoms with E-state index in [1.54, 1.807) is 19.1 Å². The van der Waals surface area contributed by atoms with E-state index < -0.39 is 6.10 Å². The van der Waals surface area contributed by atoms with Crippen LogP contribution in [0.3, 0.4) is 0 Å². The molecule has 1 aromatic carbocycles. The van der Waals surface area contributed by atoms with E-state index in [4.69, 9.17) is 9.47 Å². The number of nitrogens with one attached hydrogen (secondary N) is 1. The molecule has 0 aliphatic carbocycles. The van der Waals surface area contributed by atoms with Crippen molar-refractivity contribution in [2.75, 3.05) is 53.6 Å². The van der Waals surface area contributed by atoms with Crippen LogP contribution in [0.4, 0.5) is 0 Å². The standard InChI is InChI=1S/C28H47N3O5/c1-19(2)13-25(32)28(34)30(6)17-23-15-29-16-24(23)18-31(20(3)4)27(33)22-10-9-21(5)26(14-22)36-12-8-11-35-7/h9-10,14,19-20,23-25,29,32H,8,11-13,15-18H2,1-7H3/t23?,24-,25-/m0/s1. The average molecular weight is 506 g/mol. The number of amides is 2. The third-order valence-corrected chi connectivity index (χ3v) is 6.84. The van der Waals surface area contributed by atoms with Crippen LogP contribution in [-0.2, 0) is 9.53 Å². The van der Waals surface area contributed by atoms with Gasteiger partial charge < -0.3 is 29.7 Å². The summed E-state index contributed by atoms with van der Waals surface area (Å²) in [5.74, 6) is 1.14. The number of hydrogen-bond donors (Lipinski definition) is 2. The van der Waals surface area contributed by atoms with E-state index >= 15 is 0 Å². The van der Waals surface area contributed by atoms with Crippen molar-refractivity contribution in [2.45, 2.75) is 59.6 Å². The van der Waals surface area contributed by atoms with Gasteiger partial charge in [-0.2, -0.15) is 0 Å². The van der Waals surface area contributed by atoms with Gasteiger partial charge in [0.05, 0.1) is 6.61 Å². The average Bonchev–Trinajstić information content (AvgIpc) is 3.26. The van der Waals surface area contributed by atoms with Crippen LogP contribution in [0, 0.1) is 24.7 Å². The van der Waals surface area contributed by atoms with Crippen LogP contribution in [-0.4, -0.2) is 92.4 Å². The van der Waals surface area contributed by atoms with Crippen molar-refractivity contribution in [1.29, 1.82) is 0 Å². The maximum atomic E-state index is 13.6. The molecule has 1 heterocycles. The van der Waals surface area contributed by atoms with Gasteiger partial charge in [0.25, 0.3) is 11.8 Å². The number of methoxy groups -OCH3 is 1. The minimum atomic E-state index is -0.969. The molecule has 0 radical (unpaired) electrons. The molecule has 1 aromatic rings. The maximum Gasteiger partial charge on any atom is 0.254 e. The van der Waals surface area contributed by atoms with Crippen molar-refractivity contribution in [3.63, 3.8) is 0 Å². The SMILES string of the molecule is COCCCOc1cc(C(=O)N(C[C@@H]2CNCC2CN(C)C(=O)[C@@H](O)CC(C)C)C(C)C)ccc1C. The van der Waals surface area contributed by atoms with Crippen LogP contribution in [0.25, 0.3) is 0 Å². The molecule has 0 bridgehead atoms. The van der Waals surface area contributed by atoms with Gasteiger partial charge in [0, 0.05) is 65.0 Å². The Labute approximate surface area is 217 Å². The molecular weight excluding hydrogens is 458 g/mol. The summed E-state index contributed by atoms with van der Waals surface area (Å²) in [6.45, 7) is 13.9. The van der Waals surface area contributed by atoms with Crippen LogP contribution < -0.4 is 10.1 Å². The first-order chi connectivity index (χ1) is 17.0. The Hall–Kier alpha value is -2.16. The van der Waals surface area contributed by atoms with E-state index in [1.165, 1.54) is 0 Å². The summed E-state index contributed by atoms with van der Waals surface area (Å²) in [6, 6.07) is 5.66. The highest BCUT2D eigenvalue weighted by molar-refractivity contribution is 5.95. The van der Waals surface area contributed by atoms with Crippen LogP contribution >= 0.6 is 0 Å². The number of rotatable bonds is 14. The van der Waals surface area contributed by atoms with Crippen molar-refractivity contribution in [3.8, 4) is 5.75 Å². The topological polar surface area (TPSA) is 91.3 Å². The third kappa shape index (κ3) is 8.75. The summed E-state index contributed by atoms with van der Waals surface area (Å²) in [5.41, 5.74) is 1.61. The molecule has 1 aliphatic rings. The van der Waals surface area contributed by atoms with Crippen LogP contribution in [0.5, 0.6) is 5.75 Å². The summed E-state index contributed by atoms with van der Waals surface area (Å²) < 4.78 is 11.0. The Balaban J connectivity index is 2.07. The smallest absolute Gasteiger partial charge is 0.254 e. The molecule has 1 saturated heterocycles. The maximum absolute atomic E-state index is 13.6. The molecule has 0 spiro atoms. The molecule has 36 heavy (non-hydrogen) atoms. The van der Waals surface area contributed by atoms with Crippen LogP contribution in [0.15, 0.2) is 18.2 Å². The Morgan fingerprint density at radius 3 is 2.39 bits per heavy atom. The Bertz CT molecular complexity index is 844. The lowest BCUT2D eigenvalue weighted by atomic mass is 9.93. The summed E-state index contributed by atoms with van der Waals surface area (Å²) in [4.78, 5) is 29.8. The predicted molar refractivity (Wildman–Crippen MR) is 142 cm³/mol. The van der Waals surface area contributed by atoms with E-state index in [1.807, 2.05) is 57.7 Å². The second-order valence-corrected chi connectivity index (χ2v) is 10.8. The molecule has 204 valence electrons. The van der Waals surface area contributed by atoms with Gasteiger partial charge in [-0.3, -0.25) is 9.59 Å². The van der Waals surface area contributed by atoms with E-state index in [0.717, 1.165) is 30.8 Å². The second kappa shape index (κ2) is 14.5. The third-order valence-electron chi connectivity index (χ3n) is 6.84. The molecule has 1 aliphatic heterocycles. The van der Waals surface area contributed by atoms with Crippen molar-refractivity contribution < 1.29 is 24.2 Å². The second-order valence-electron chi connectivity index (χ2n) is 10.8. The van der Waals surface area contributed by atoms with Gasteiger partial charge >= 0.3 is 0 Å². The molecule has 3 atom stereocenters. The molecule has 0 aromatic heterocycles. The van der Waals surface area contributed by atoms with E-state index in [2.05, 4.69) is 5.32 Å². The quantitative estimate of drug-likeness (QED) is 0.378. The lowest BCUT2D eigenvalue weighted by Gasteiger charge is -2.33. The number of likely N-dealkylation sites (N-methyl/N-ethyl adjacent to an activating group) is 1. The van der Waals surface area contributed by atoms with E-state index in [9.17, 15) is 14.7 Å². The molecule has 8 heteroatoms. The largest absolute Gasteiger partial charge is 0.493 e. The number of benzene rings is 1. The number of nitrogens with zero attached hydrogens (tertiary/aromatic N) is 2. The number of aryl methyl sites for hydroxylation is 1. The highest BCUT2D eigenvalue weighted by atomic mass is 16.5. The predicted octanol–water partition coefficient (Wildman–Crippen LogP) is 2.96. The highest BCUT2D eigenvalue weighted by Crippen LogP contribution is 2.25. The van der Waals surface area contributed by atoms with Gasteiger partial charge in [-0.15, -0.1) is 0 Å². The number of aliphatic hydroxyl groups is 1. The summed E-state index contributed by atoms with van der Waals surface area (Å²) >= 11 is 0. The van der Waals surface area contributed by atoms with Crippen molar-refractivity contribution in [2.24, 2.45) is 17.8 Å². The van der Waals surface area contributed by atoms with Gasteiger partial charge in [-0.1, -0.05) is 19.9 Å². The number of carbonyl (C=O) groups is 2. The molecule has 1 fully saturated rings. The summed E-state index contributed by atoms with van der Waals surface area (Å²) in [7, 11) is 3.43. The fraction of sp³-hybridized carbons (Fsp3) is 0.714. The van der Waals surface area contributed by atoms with Gasteiger partial charge in [0.15, 0.2) is 0 Å². The zero-order chi connectivity index (χ0) is 26.8. The Morgan fingerprint density at radius 2 is 1.78 bits per heavy atom. The molecule has 2 amide bonds. The first-order valence-electron chi connectivity index (χ1n) is 13.2. The number of carbonyl (C=O) groups excluding carboxylic acids is 2. The number of hydrogen-bond acceptors (Lipinski definition) is 6. The van der Waals surface area contributed by atoms with E-state index in [0.29, 0.717) is 38.3 Å². The lowest BCUT2D eigenvalue weighted by Crippen LogP contribution is -2.45. The molecule has 1 unspecified atom stereocenters. The first kappa shape index (κ1) is 30.1. The van der Waals surface area contributed by atoms with Crippen LogP contribution in [0.1, 0.15) is 56.5 Å². The number of aliphatic hydroxyl groups excluding tert-OH is 1. The fourth-order valence-electron chi connectivity index (χ4n) is 4.68. The first-order valence-corrected chi connectivity index (χ1v) is 13.2. The molecule has 2 rings (SSSR count). The Morgan fingerprint density at radius 1 is 1.11 bits per heavy atom. The Kier molecular flexibility index (Phi) is 12.1. The molecule has 8 nitrogen and oxygen atoms in total. The van der Waals surface area contributed by atoms with Crippen molar-refractivity contribution in [3.05, 3.63) is 29.3 Å². The van der Waals surface area contributed by atoms with Crippen molar-refractivity contribution in [1.82, 2.24) is 15.1 Å². The summed E-state index contributed by atoms with van der Waals surface area (Å²) in [6.07, 6.45) is 0.275. The minimum Gasteiger partial charge on any atom is -0.493 e. The molecule has 0 saturated carbocycles. The molecule has 2 N–H and O–H groups in total. The lowest BCUT2D eigenvalue weighted by molar-refractivity contribution is -0.140. The van der Waals surface area contributed by atoms with Crippen molar-refractivity contribution >= 4 is 11.8 Å². The summed E-state index contributed by atoms with van der Waals surface area (Å²) in [5, 5.41) is 13.7. The van der Waals surface area contributed by atoms with Gasteiger partial charge in [-0.05, 0) is 62.6 Å². The van der Waals surface area contributed by atoms with Gasteiger partial charge in [-0.25, -0.2) is 0 Å². The fourth-order valence-corrected chi connectivity index (χ4v) is 4.68. The minimum absolute atomic E-state index is 0.0193. The van der Waals surface area contributed by atoms with Gasteiger partial charge in [0.1, 0.15) is 11.9 Å². The molecular formula is C28H47N3O5. The highest BCUT2D eigenvalue weighted by Gasteiger charge is 2.34. The number of ether oxygens (including phenoxy) is 2. The monoisotopic (exact) mass is 505 g/mol. The van der Waals surface area contributed by atoms with Crippen LogP contribution in [0.2, 0.25) is 0 Å². The van der Waals surface area contributed by atoms with Gasteiger partial charge in [0.2, 0.25) is 0 Å².